The van der Waals surface area contributed by atoms with Gasteiger partial charge in [-0.2, -0.15) is 0 Å². The molecule has 1 aliphatic heterocycles. The summed E-state index contributed by atoms with van der Waals surface area (Å²) in [5.41, 5.74) is 5.86. The first-order chi connectivity index (χ1) is 16.3. The molecule has 34 heavy (non-hydrogen) atoms. The molecule has 8 heteroatoms. The smallest absolute Gasteiger partial charge is 0.336 e. The summed E-state index contributed by atoms with van der Waals surface area (Å²) in [5, 5.41) is 10.4. The summed E-state index contributed by atoms with van der Waals surface area (Å²) in [5.74, 6) is -2.98. The number of fused-ring (bicyclic) bond motifs is 4. The fourth-order valence-electron chi connectivity index (χ4n) is 5.58. The fourth-order valence-corrected chi connectivity index (χ4v) is 5.58. The number of halogens is 2. The minimum Gasteiger partial charge on any atom is -0.478 e. The number of aryl methyl sites for hydroxylation is 2. The Kier molecular flexibility index (Phi) is 4.61. The molecule has 6 nitrogen and oxygen atoms in total. The zero-order valence-electron chi connectivity index (χ0n) is 19.1. The van der Waals surface area contributed by atoms with Crippen molar-refractivity contribution in [1.82, 2.24) is 14.1 Å². The van der Waals surface area contributed by atoms with E-state index >= 15 is 0 Å². The molecule has 0 unspecified atom stereocenters. The average molecular weight is 466 g/mol. The highest BCUT2D eigenvalue weighted by Crippen LogP contribution is 2.41. The van der Waals surface area contributed by atoms with Crippen LogP contribution in [-0.4, -0.2) is 44.3 Å². The van der Waals surface area contributed by atoms with E-state index in [1.807, 2.05) is 25.1 Å². The van der Waals surface area contributed by atoms with E-state index in [-0.39, 0.29) is 24.4 Å². The molecule has 0 amide bonds. The molecular weight excluding hydrogens is 440 g/mol. The lowest BCUT2D eigenvalue weighted by Gasteiger charge is -2.29. The number of aromatic carboxylic acids is 1. The third-order valence-corrected chi connectivity index (χ3v) is 7.36. The fraction of sp³-hybridized carbons (Fsp3) is 0.385. The lowest BCUT2D eigenvalue weighted by atomic mass is 9.92. The Morgan fingerprint density at radius 2 is 2.00 bits per heavy atom. The van der Waals surface area contributed by atoms with E-state index < -0.39 is 11.9 Å². The van der Waals surface area contributed by atoms with Crippen LogP contribution in [-0.2, 0) is 24.1 Å². The summed E-state index contributed by atoms with van der Waals surface area (Å²) >= 11 is 0. The number of ether oxygens (including phenoxy) is 1. The first kappa shape index (κ1) is 21.3. The van der Waals surface area contributed by atoms with Crippen LogP contribution in [0.25, 0.3) is 33.3 Å². The lowest BCUT2D eigenvalue weighted by Crippen LogP contribution is -2.31. The van der Waals surface area contributed by atoms with Crippen molar-refractivity contribution in [1.29, 1.82) is 0 Å². The van der Waals surface area contributed by atoms with Crippen molar-refractivity contribution in [2.75, 3.05) is 13.2 Å². The van der Waals surface area contributed by atoms with Gasteiger partial charge in [0.2, 0.25) is 0 Å². The normalized spacial score (nSPS) is 17.8. The zero-order chi connectivity index (χ0) is 23.8. The summed E-state index contributed by atoms with van der Waals surface area (Å²) in [6.45, 7) is 5.64. The van der Waals surface area contributed by atoms with Gasteiger partial charge in [0, 0.05) is 41.5 Å². The topological polar surface area (TPSA) is 69.3 Å². The minimum atomic E-state index is -2.70. The number of imidazole rings is 1. The van der Waals surface area contributed by atoms with Gasteiger partial charge in [-0.1, -0.05) is 0 Å². The maximum Gasteiger partial charge on any atom is 0.336 e. The third kappa shape index (κ3) is 3.01. The summed E-state index contributed by atoms with van der Waals surface area (Å²) < 4.78 is 38.4. The largest absolute Gasteiger partial charge is 0.478 e. The summed E-state index contributed by atoms with van der Waals surface area (Å²) in [6.07, 6.45) is 0.00433. The van der Waals surface area contributed by atoms with Crippen molar-refractivity contribution in [3.8, 4) is 11.4 Å². The molecule has 0 spiro atoms. The quantitative estimate of drug-likeness (QED) is 0.439. The van der Waals surface area contributed by atoms with Gasteiger partial charge in [-0.15, -0.1) is 0 Å². The van der Waals surface area contributed by atoms with Crippen molar-refractivity contribution in [3.05, 3.63) is 52.7 Å². The Bertz CT molecular complexity index is 1480. The molecule has 2 aliphatic rings. The van der Waals surface area contributed by atoms with Crippen LogP contribution in [0.3, 0.4) is 0 Å². The number of benzene rings is 2. The van der Waals surface area contributed by atoms with Gasteiger partial charge in [0.15, 0.2) is 0 Å². The highest BCUT2D eigenvalue weighted by Gasteiger charge is 2.37. The SMILES string of the molecule is CCn1c2c(c3cc(-c4nc5c(C)c(C(=O)O)ccc5n4C4COC4)ccc31)CC(F)(F)CC2. The maximum atomic E-state index is 14.4. The number of alkyl halides is 2. The molecule has 4 aromatic rings. The van der Waals surface area contributed by atoms with Crippen molar-refractivity contribution >= 4 is 27.9 Å². The number of carboxylic acid groups (broad SMARTS) is 1. The highest BCUT2D eigenvalue weighted by molar-refractivity contribution is 5.97. The second kappa shape index (κ2) is 7.37. The van der Waals surface area contributed by atoms with Crippen LogP contribution in [0, 0.1) is 6.92 Å². The van der Waals surface area contributed by atoms with Gasteiger partial charge in [-0.05, 0) is 61.7 Å². The van der Waals surface area contributed by atoms with Crippen molar-refractivity contribution in [2.45, 2.75) is 51.6 Å². The van der Waals surface area contributed by atoms with Crippen LogP contribution < -0.4 is 0 Å². The average Bonchev–Trinajstić information content (AvgIpc) is 3.28. The molecular formula is C26H25F2N3O3. The Hall–Kier alpha value is -3.26. The van der Waals surface area contributed by atoms with Crippen molar-refractivity contribution in [3.63, 3.8) is 0 Å². The second-order valence-corrected chi connectivity index (χ2v) is 9.34. The number of aromatic nitrogens is 3. The number of rotatable bonds is 4. The molecule has 0 saturated carbocycles. The molecule has 1 saturated heterocycles. The molecule has 2 aromatic carbocycles. The monoisotopic (exact) mass is 465 g/mol. The van der Waals surface area contributed by atoms with E-state index in [2.05, 4.69) is 9.13 Å². The summed E-state index contributed by atoms with van der Waals surface area (Å²) in [4.78, 5) is 16.6. The third-order valence-electron chi connectivity index (χ3n) is 7.36. The molecule has 1 aliphatic carbocycles. The van der Waals surface area contributed by atoms with E-state index in [0.717, 1.165) is 39.8 Å². The molecule has 6 rings (SSSR count). The predicted molar refractivity (Wildman–Crippen MR) is 125 cm³/mol. The number of carboxylic acids is 1. The highest BCUT2D eigenvalue weighted by atomic mass is 19.3. The van der Waals surface area contributed by atoms with Gasteiger partial charge in [-0.3, -0.25) is 0 Å². The predicted octanol–water partition coefficient (Wildman–Crippen LogP) is 5.38. The van der Waals surface area contributed by atoms with Crippen LogP contribution in [0.1, 0.15) is 46.6 Å². The van der Waals surface area contributed by atoms with Crippen molar-refractivity contribution < 1.29 is 23.4 Å². The molecule has 3 heterocycles. The van der Waals surface area contributed by atoms with E-state index in [9.17, 15) is 18.7 Å². The molecule has 1 N–H and O–H groups in total. The van der Waals surface area contributed by atoms with E-state index in [0.29, 0.717) is 36.5 Å². The molecule has 0 radical (unpaired) electrons. The number of carbonyl (C=O) groups is 1. The van der Waals surface area contributed by atoms with Gasteiger partial charge < -0.3 is 19.0 Å². The van der Waals surface area contributed by atoms with Crippen LogP contribution >= 0.6 is 0 Å². The van der Waals surface area contributed by atoms with Gasteiger partial charge >= 0.3 is 5.97 Å². The van der Waals surface area contributed by atoms with E-state index in [1.54, 1.807) is 19.1 Å². The van der Waals surface area contributed by atoms with Gasteiger partial charge in [0.05, 0.1) is 35.9 Å². The number of hydrogen-bond donors (Lipinski definition) is 1. The molecule has 176 valence electrons. The number of nitrogens with zero attached hydrogens (tertiary/aromatic N) is 3. The Labute approximate surface area is 194 Å². The lowest BCUT2D eigenvalue weighted by molar-refractivity contribution is -0.0209. The van der Waals surface area contributed by atoms with E-state index in [4.69, 9.17) is 9.72 Å². The Balaban J connectivity index is 1.60. The molecule has 0 bridgehead atoms. The van der Waals surface area contributed by atoms with Crippen LogP contribution in [0.15, 0.2) is 30.3 Å². The standard InChI is InChI=1S/C26H25F2N3O3/c1-3-30-20-6-4-15(10-18(20)19-11-26(27,28)9-8-21(19)30)24-29-23-14(2)17(25(32)33)5-7-22(23)31(24)16-12-34-13-16/h4-7,10,16H,3,8-9,11-13H2,1-2H3,(H,32,33). The maximum absolute atomic E-state index is 14.4. The second-order valence-electron chi connectivity index (χ2n) is 9.34. The van der Waals surface area contributed by atoms with Crippen LogP contribution in [0.2, 0.25) is 0 Å². The van der Waals surface area contributed by atoms with Crippen LogP contribution in [0.5, 0.6) is 0 Å². The first-order valence-corrected chi connectivity index (χ1v) is 11.6. The summed E-state index contributed by atoms with van der Waals surface area (Å²) in [6, 6.07) is 9.47. The first-order valence-electron chi connectivity index (χ1n) is 11.6. The molecule has 2 aromatic heterocycles. The van der Waals surface area contributed by atoms with Crippen LogP contribution in [0.4, 0.5) is 8.78 Å². The summed E-state index contributed by atoms with van der Waals surface area (Å²) in [7, 11) is 0. The van der Waals surface area contributed by atoms with E-state index in [1.165, 1.54) is 0 Å². The van der Waals surface area contributed by atoms with Crippen molar-refractivity contribution in [2.24, 2.45) is 0 Å². The minimum absolute atomic E-state index is 0.0873. The molecule has 0 atom stereocenters. The van der Waals surface area contributed by atoms with Gasteiger partial charge in [-0.25, -0.2) is 18.6 Å². The van der Waals surface area contributed by atoms with Gasteiger partial charge in [0.25, 0.3) is 5.92 Å². The number of hydrogen-bond acceptors (Lipinski definition) is 3. The Morgan fingerprint density at radius 1 is 1.24 bits per heavy atom. The molecule has 1 fully saturated rings. The zero-order valence-corrected chi connectivity index (χ0v) is 19.1. The Morgan fingerprint density at radius 3 is 2.68 bits per heavy atom. The van der Waals surface area contributed by atoms with Gasteiger partial charge in [0.1, 0.15) is 5.82 Å².